The number of hydrogen-bond donors (Lipinski definition) is 1. The molecule has 96 valence electrons. The Morgan fingerprint density at radius 3 is 2.82 bits per heavy atom. The lowest BCUT2D eigenvalue weighted by Crippen LogP contribution is -2.52. The molecule has 2 N–H and O–H groups in total. The molecule has 1 fully saturated rings. The van der Waals surface area contributed by atoms with Crippen LogP contribution >= 0.6 is 0 Å². The maximum Gasteiger partial charge on any atom is 0.145 e. The van der Waals surface area contributed by atoms with E-state index in [2.05, 4.69) is 28.7 Å². The zero-order valence-corrected chi connectivity index (χ0v) is 10.8. The first-order valence-corrected chi connectivity index (χ1v) is 6.44. The Morgan fingerprint density at radius 1 is 1.41 bits per heavy atom. The van der Waals surface area contributed by atoms with Crippen molar-refractivity contribution in [1.29, 1.82) is 0 Å². The molecule has 1 aromatic rings. The molecule has 1 aliphatic rings. The molecule has 2 heterocycles. The Morgan fingerprint density at radius 2 is 2.24 bits per heavy atom. The highest BCUT2D eigenvalue weighted by molar-refractivity contribution is 5.23. The van der Waals surface area contributed by atoms with Crippen molar-refractivity contribution in [2.45, 2.75) is 26.4 Å². The average Bonchev–Trinajstić information content (AvgIpc) is 2.73. The molecule has 5 heteroatoms. The van der Waals surface area contributed by atoms with E-state index in [1.807, 2.05) is 16.9 Å². The molecule has 1 unspecified atom stereocenters. The number of nitrogen functional groups attached to an aromatic ring is 1. The molecule has 0 saturated carbocycles. The molecule has 0 bridgehead atoms. The number of aromatic nitrogens is 2. The third-order valence-corrected chi connectivity index (χ3v) is 3.56. The lowest BCUT2D eigenvalue weighted by atomic mass is 10.2. The van der Waals surface area contributed by atoms with Crippen molar-refractivity contribution in [2.24, 2.45) is 0 Å². The molecule has 17 heavy (non-hydrogen) atoms. The second-order valence-electron chi connectivity index (χ2n) is 4.78. The zero-order valence-electron chi connectivity index (χ0n) is 10.8. The summed E-state index contributed by atoms with van der Waals surface area (Å²) in [4.78, 5) is 5.04. The van der Waals surface area contributed by atoms with Crippen LogP contribution in [0.15, 0.2) is 12.3 Å². The maximum atomic E-state index is 5.59. The van der Waals surface area contributed by atoms with Gasteiger partial charge in [0.05, 0.1) is 6.54 Å². The van der Waals surface area contributed by atoms with E-state index in [1.165, 1.54) is 6.54 Å². The van der Waals surface area contributed by atoms with Crippen LogP contribution in [0.5, 0.6) is 0 Å². The van der Waals surface area contributed by atoms with Gasteiger partial charge in [-0.15, -0.1) is 0 Å². The Balaban J connectivity index is 1.77. The number of hydrogen-bond acceptors (Lipinski definition) is 4. The average molecular weight is 237 g/mol. The molecule has 2 rings (SSSR count). The van der Waals surface area contributed by atoms with Gasteiger partial charge in [-0.1, -0.05) is 6.92 Å². The summed E-state index contributed by atoms with van der Waals surface area (Å²) in [5, 5.41) is 4.20. The first kappa shape index (κ1) is 12.4. The fourth-order valence-corrected chi connectivity index (χ4v) is 2.49. The molecule has 0 amide bonds. The fourth-order valence-electron chi connectivity index (χ4n) is 2.49. The topological polar surface area (TPSA) is 50.3 Å². The molecular weight excluding hydrogens is 214 g/mol. The van der Waals surface area contributed by atoms with E-state index < -0.39 is 0 Å². The van der Waals surface area contributed by atoms with Crippen LogP contribution in [-0.4, -0.2) is 58.3 Å². The van der Waals surface area contributed by atoms with E-state index in [9.17, 15) is 0 Å². The van der Waals surface area contributed by atoms with Gasteiger partial charge < -0.3 is 5.73 Å². The van der Waals surface area contributed by atoms with Crippen LogP contribution in [0.1, 0.15) is 13.8 Å². The monoisotopic (exact) mass is 237 g/mol. The second kappa shape index (κ2) is 5.51. The minimum absolute atomic E-state index is 0.606. The third kappa shape index (κ3) is 3.20. The van der Waals surface area contributed by atoms with Crippen LogP contribution in [0.25, 0.3) is 0 Å². The van der Waals surface area contributed by atoms with Gasteiger partial charge in [0.15, 0.2) is 0 Å². The highest BCUT2D eigenvalue weighted by atomic mass is 15.3. The Kier molecular flexibility index (Phi) is 4.02. The van der Waals surface area contributed by atoms with E-state index in [0.717, 1.165) is 32.7 Å². The van der Waals surface area contributed by atoms with Gasteiger partial charge >= 0.3 is 0 Å². The van der Waals surface area contributed by atoms with Crippen molar-refractivity contribution in [2.75, 3.05) is 38.5 Å². The number of anilines is 1. The summed E-state index contributed by atoms with van der Waals surface area (Å²) in [5.41, 5.74) is 5.59. The quantitative estimate of drug-likeness (QED) is 0.828. The number of piperazine rings is 1. The minimum Gasteiger partial charge on any atom is -0.382 e. The fraction of sp³-hybridized carbons (Fsp3) is 0.750. The number of nitrogens with two attached hydrogens (primary N) is 1. The standard InChI is InChI=1S/C12H23N5/c1-3-16-8-6-15(10-11(16)2)7-9-17-5-4-12(13)14-17/h4-5,11H,3,6-10H2,1-2H3,(H2,13,14). The van der Waals surface area contributed by atoms with Crippen molar-refractivity contribution in [3.63, 3.8) is 0 Å². The van der Waals surface area contributed by atoms with Crippen LogP contribution < -0.4 is 5.73 Å². The highest BCUT2D eigenvalue weighted by Crippen LogP contribution is 2.08. The van der Waals surface area contributed by atoms with Crippen LogP contribution in [0.2, 0.25) is 0 Å². The van der Waals surface area contributed by atoms with Crippen LogP contribution in [0.4, 0.5) is 5.82 Å². The normalized spacial score (nSPS) is 23.1. The molecule has 5 nitrogen and oxygen atoms in total. The second-order valence-corrected chi connectivity index (χ2v) is 4.78. The largest absolute Gasteiger partial charge is 0.382 e. The predicted octanol–water partition coefficient (Wildman–Crippen LogP) is 0.491. The molecule has 0 spiro atoms. The predicted molar refractivity (Wildman–Crippen MR) is 69.8 cm³/mol. The lowest BCUT2D eigenvalue weighted by molar-refractivity contribution is 0.0851. The van der Waals surface area contributed by atoms with E-state index in [-0.39, 0.29) is 0 Å². The zero-order chi connectivity index (χ0) is 12.3. The molecule has 0 aliphatic carbocycles. The van der Waals surface area contributed by atoms with Gasteiger partial charge in [-0.2, -0.15) is 5.10 Å². The van der Waals surface area contributed by atoms with Crippen molar-refractivity contribution in [1.82, 2.24) is 19.6 Å². The molecular formula is C12H23N5. The SMILES string of the molecule is CCN1CCN(CCn2ccc(N)n2)CC1C. The van der Waals surface area contributed by atoms with Gasteiger partial charge in [0, 0.05) is 38.4 Å². The Hall–Kier alpha value is -1.07. The molecule has 1 aromatic heterocycles. The summed E-state index contributed by atoms with van der Waals surface area (Å²) in [6.45, 7) is 11.2. The molecule has 1 saturated heterocycles. The molecule has 0 radical (unpaired) electrons. The van der Waals surface area contributed by atoms with Gasteiger partial charge in [-0.05, 0) is 19.5 Å². The first-order chi connectivity index (χ1) is 8.19. The summed E-state index contributed by atoms with van der Waals surface area (Å²) >= 11 is 0. The Labute approximate surface area is 103 Å². The van der Waals surface area contributed by atoms with Gasteiger partial charge in [-0.3, -0.25) is 14.5 Å². The first-order valence-electron chi connectivity index (χ1n) is 6.44. The number of nitrogens with zero attached hydrogens (tertiary/aromatic N) is 4. The van der Waals surface area contributed by atoms with Crippen molar-refractivity contribution in [3.8, 4) is 0 Å². The van der Waals surface area contributed by atoms with Crippen LogP contribution in [0.3, 0.4) is 0 Å². The summed E-state index contributed by atoms with van der Waals surface area (Å²) in [5.74, 6) is 0.606. The van der Waals surface area contributed by atoms with Crippen molar-refractivity contribution < 1.29 is 0 Å². The van der Waals surface area contributed by atoms with E-state index in [4.69, 9.17) is 5.73 Å². The molecule has 1 aliphatic heterocycles. The summed E-state index contributed by atoms with van der Waals surface area (Å²) < 4.78 is 1.92. The highest BCUT2D eigenvalue weighted by Gasteiger charge is 2.21. The smallest absolute Gasteiger partial charge is 0.145 e. The minimum atomic E-state index is 0.606. The molecule has 1 atom stereocenters. The van der Waals surface area contributed by atoms with Crippen LogP contribution in [0, 0.1) is 0 Å². The van der Waals surface area contributed by atoms with Gasteiger partial charge in [0.1, 0.15) is 5.82 Å². The van der Waals surface area contributed by atoms with Crippen molar-refractivity contribution in [3.05, 3.63) is 12.3 Å². The van der Waals surface area contributed by atoms with E-state index >= 15 is 0 Å². The number of likely N-dealkylation sites (N-methyl/N-ethyl adjacent to an activating group) is 1. The van der Waals surface area contributed by atoms with Gasteiger partial charge in [-0.25, -0.2) is 0 Å². The van der Waals surface area contributed by atoms with E-state index in [1.54, 1.807) is 0 Å². The van der Waals surface area contributed by atoms with Gasteiger partial charge in [0.25, 0.3) is 0 Å². The van der Waals surface area contributed by atoms with Crippen LogP contribution in [-0.2, 0) is 6.54 Å². The summed E-state index contributed by atoms with van der Waals surface area (Å²) in [6, 6.07) is 2.51. The third-order valence-electron chi connectivity index (χ3n) is 3.56. The van der Waals surface area contributed by atoms with Crippen molar-refractivity contribution >= 4 is 5.82 Å². The Bertz CT molecular complexity index is 348. The number of rotatable bonds is 4. The summed E-state index contributed by atoms with van der Waals surface area (Å²) in [6.07, 6.45) is 1.95. The van der Waals surface area contributed by atoms with E-state index in [0.29, 0.717) is 11.9 Å². The lowest BCUT2D eigenvalue weighted by Gasteiger charge is -2.39. The van der Waals surface area contributed by atoms with Gasteiger partial charge in [0.2, 0.25) is 0 Å². The summed E-state index contributed by atoms with van der Waals surface area (Å²) in [7, 11) is 0. The molecule has 0 aromatic carbocycles. The maximum absolute atomic E-state index is 5.59.